The molecule has 0 bridgehead atoms. The Balaban J connectivity index is 1.95. The van der Waals surface area contributed by atoms with Crippen molar-refractivity contribution in [3.05, 3.63) is 53.4 Å². The maximum Gasteiger partial charge on any atom is 0.336 e. The van der Waals surface area contributed by atoms with Crippen LogP contribution in [-0.4, -0.2) is 22.1 Å². The number of carboxylic acids is 1. The third-order valence-corrected chi connectivity index (χ3v) is 3.26. The maximum absolute atomic E-state index is 11.6. The maximum atomic E-state index is 11.6. The summed E-state index contributed by atoms with van der Waals surface area (Å²) in [4.78, 5) is 22.8. The highest BCUT2D eigenvalue weighted by molar-refractivity contribution is 7.80. The molecular weight excluding hydrogens is 304 g/mol. The highest BCUT2D eigenvalue weighted by Gasteiger charge is 2.21. The molecule has 0 atom stereocenters. The van der Waals surface area contributed by atoms with Crippen LogP contribution >= 0.6 is 12.2 Å². The summed E-state index contributed by atoms with van der Waals surface area (Å²) in [5.41, 5.74) is 0.894. The summed E-state index contributed by atoms with van der Waals surface area (Å²) in [7, 11) is 0. The van der Waals surface area contributed by atoms with Crippen LogP contribution < -0.4 is 10.6 Å². The molecule has 2 aromatic rings. The number of nitrogens with one attached hydrogen (secondary N) is 2. The second-order valence-corrected chi connectivity index (χ2v) is 4.93. The first-order valence-corrected chi connectivity index (χ1v) is 6.72. The van der Waals surface area contributed by atoms with Crippen LogP contribution in [0.15, 0.2) is 46.5 Å². The van der Waals surface area contributed by atoms with Crippen molar-refractivity contribution in [2.24, 2.45) is 0 Å². The van der Waals surface area contributed by atoms with Crippen LogP contribution in [0.4, 0.5) is 0 Å². The molecule has 0 spiro atoms. The van der Waals surface area contributed by atoms with E-state index in [-0.39, 0.29) is 22.3 Å². The molecule has 110 valence electrons. The van der Waals surface area contributed by atoms with Crippen LogP contribution in [-0.2, 0) is 4.79 Å². The molecule has 1 aliphatic rings. The molecule has 0 saturated carbocycles. The van der Waals surface area contributed by atoms with Gasteiger partial charge in [-0.05, 0) is 30.4 Å². The van der Waals surface area contributed by atoms with E-state index in [2.05, 4.69) is 10.6 Å². The Morgan fingerprint density at radius 3 is 2.64 bits per heavy atom. The van der Waals surface area contributed by atoms with Gasteiger partial charge in [-0.25, -0.2) is 4.79 Å². The van der Waals surface area contributed by atoms with E-state index in [9.17, 15) is 14.7 Å². The summed E-state index contributed by atoms with van der Waals surface area (Å²) in [6.07, 6.45) is 1.50. The van der Waals surface area contributed by atoms with Crippen LogP contribution in [0.25, 0.3) is 17.4 Å². The molecule has 3 N–H and O–H groups in total. The van der Waals surface area contributed by atoms with Gasteiger partial charge in [0.25, 0.3) is 5.91 Å². The van der Waals surface area contributed by atoms with Crippen molar-refractivity contribution in [3.63, 3.8) is 0 Å². The lowest BCUT2D eigenvalue weighted by Gasteiger charge is -2.02. The van der Waals surface area contributed by atoms with Gasteiger partial charge in [-0.1, -0.05) is 18.2 Å². The number of carboxylic acid groups (broad SMARTS) is 1. The molecule has 0 aliphatic carbocycles. The van der Waals surface area contributed by atoms with E-state index in [1.807, 2.05) is 0 Å². The Bertz CT molecular complexity index is 822. The van der Waals surface area contributed by atoms with Crippen LogP contribution in [0.3, 0.4) is 0 Å². The van der Waals surface area contributed by atoms with Gasteiger partial charge in [0, 0.05) is 11.6 Å². The van der Waals surface area contributed by atoms with E-state index >= 15 is 0 Å². The van der Waals surface area contributed by atoms with Gasteiger partial charge in [-0.3, -0.25) is 10.1 Å². The number of carbonyl (C=O) groups excluding carboxylic acids is 1. The molecule has 1 fully saturated rings. The van der Waals surface area contributed by atoms with E-state index in [0.717, 1.165) is 0 Å². The molecule has 1 aromatic carbocycles. The fourth-order valence-corrected chi connectivity index (χ4v) is 2.29. The van der Waals surface area contributed by atoms with E-state index in [1.54, 1.807) is 30.3 Å². The summed E-state index contributed by atoms with van der Waals surface area (Å²) in [5.74, 6) is -0.550. The first-order valence-electron chi connectivity index (χ1n) is 6.31. The zero-order valence-corrected chi connectivity index (χ0v) is 11.9. The minimum Gasteiger partial charge on any atom is -0.478 e. The summed E-state index contributed by atoms with van der Waals surface area (Å²) in [6, 6.07) is 9.84. The molecule has 1 amide bonds. The molecule has 1 aromatic heterocycles. The monoisotopic (exact) mass is 314 g/mol. The molecule has 22 heavy (non-hydrogen) atoms. The number of thiocarbonyl (C=S) groups is 1. The molecule has 0 radical (unpaired) electrons. The highest BCUT2D eigenvalue weighted by Crippen LogP contribution is 2.26. The number of furan rings is 1. The van der Waals surface area contributed by atoms with Crippen LogP contribution in [0.1, 0.15) is 16.1 Å². The van der Waals surface area contributed by atoms with Gasteiger partial charge < -0.3 is 14.8 Å². The van der Waals surface area contributed by atoms with E-state index in [0.29, 0.717) is 17.1 Å². The largest absolute Gasteiger partial charge is 0.478 e. The minimum absolute atomic E-state index is 0.147. The van der Waals surface area contributed by atoms with Crippen molar-refractivity contribution in [2.75, 3.05) is 0 Å². The second kappa shape index (κ2) is 5.45. The number of benzene rings is 1. The van der Waals surface area contributed by atoms with Crippen LogP contribution in [0, 0.1) is 0 Å². The lowest BCUT2D eigenvalue weighted by atomic mass is 10.1. The van der Waals surface area contributed by atoms with Gasteiger partial charge in [0.15, 0.2) is 5.11 Å². The van der Waals surface area contributed by atoms with Gasteiger partial charge in [0.05, 0.1) is 5.56 Å². The second-order valence-electron chi connectivity index (χ2n) is 4.52. The third kappa shape index (κ3) is 2.61. The zero-order valence-electron chi connectivity index (χ0n) is 11.1. The number of rotatable bonds is 3. The molecule has 6 nitrogen and oxygen atoms in total. The average molecular weight is 314 g/mol. The Kier molecular flexibility index (Phi) is 3.48. The SMILES string of the molecule is O=C1NC(=S)N/C1=C/c1ccc(-c2ccccc2C(=O)O)o1. The third-order valence-electron chi connectivity index (χ3n) is 3.06. The number of aromatic carboxylic acids is 1. The van der Waals surface area contributed by atoms with Gasteiger partial charge in [-0.2, -0.15) is 0 Å². The molecule has 2 heterocycles. The standard InChI is InChI=1S/C15H10N2O4S/c18-13-11(16-15(22)17-13)7-8-5-6-12(21-8)9-3-1-2-4-10(9)14(19)20/h1-7H,(H,19,20)(H2,16,17,18,22)/b11-7+. The topological polar surface area (TPSA) is 91.6 Å². The Morgan fingerprint density at radius 1 is 1.18 bits per heavy atom. The summed E-state index contributed by atoms with van der Waals surface area (Å²) in [6.45, 7) is 0. The first kappa shape index (κ1) is 14.0. The van der Waals surface area contributed by atoms with Crippen LogP contribution in [0.5, 0.6) is 0 Å². The summed E-state index contributed by atoms with van der Waals surface area (Å²) in [5, 5.41) is 14.6. The fraction of sp³-hybridized carbons (Fsp3) is 0. The molecule has 0 unspecified atom stereocenters. The Labute approximate surface area is 130 Å². The smallest absolute Gasteiger partial charge is 0.336 e. The minimum atomic E-state index is -1.03. The van der Waals surface area contributed by atoms with Gasteiger partial charge in [0.1, 0.15) is 17.2 Å². The van der Waals surface area contributed by atoms with Gasteiger partial charge in [0.2, 0.25) is 0 Å². The molecule has 1 saturated heterocycles. The van der Waals surface area contributed by atoms with Crippen molar-refractivity contribution in [2.45, 2.75) is 0 Å². The Hall–Kier alpha value is -2.93. The zero-order chi connectivity index (χ0) is 15.7. The molecule has 7 heteroatoms. The highest BCUT2D eigenvalue weighted by atomic mass is 32.1. The fourth-order valence-electron chi connectivity index (χ4n) is 2.08. The Morgan fingerprint density at radius 2 is 1.95 bits per heavy atom. The number of amides is 1. The first-order chi connectivity index (χ1) is 10.5. The van der Waals surface area contributed by atoms with E-state index < -0.39 is 5.97 Å². The van der Waals surface area contributed by atoms with E-state index in [4.69, 9.17) is 16.6 Å². The lowest BCUT2D eigenvalue weighted by molar-refractivity contribution is -0.115. The van der Waals surface area contributed by atoms with Crippen molar-refractivity contribution in [1.82, 2.24) is 10.6 Å². The predicted molar refractivity (Wildman–Crippen MR) is 83.0 cm³/mol. The predicted octanol–water partition coefficient (Wildman–Crippen LogP) is 1.99. The molecule has 3 rings (SSSR count). The van der Waals surface area contributed by atoms with Gasteiger partial charge >= 0.3 is 5.97 Å². The summed E-state index contributed by atoms with van der Waals surface area (Å²) >= 11 is 4.84. The number of hydrogen-bond acceptors (Lipinski definition) is 4. The quantitative estimate of drug-likeness (QED) is 0.593. The van der Waals surface area contributed by atoms with Crippen molar-refractivity contribution >= 4 is 35.3 Å². The van der Waals surface area contributed by atoms with Gasteiger partial charge in [-0.15, -0.1) is 0 Å². The lowest BCUT2D eigenvalue weighted by Crippen LogP contribution is -2.21. The van der Waals surface area contributed by atoms with Crippen molar-refractivity contribution < 1.29 is 19.1 Å². The van der Waals surface area contributed by atoms with E-state index in [1.165, 1.54) is 12.1 Å². The van der Waals surface area contributed by atoms with Crippen molar-refractivity contribution in [3.8, 4) is 11.3 Å². The van der Waals surface area contributed by atoms with Crippen molar-refractivity contribution in [1.29, 1.82) is 0 Å². The number of hydrogen-bond donors (Lipinski definition) is 3. The molecule has 1 aliphatic heterocycles. The number of carbonyl (C=O) groups is 2. The molecular formula is C15H10N2O4S. The van der Waals surface area contributed by atoms with Crippen LogP contribution in [0.2, 0.25) is 0 Å². The summed E-state index contributed by atoms with van der Waals surface area (Å²) < 4.78 is 5.60. The average Bonchev–Trinajstić information content (AvgIpc) is 3.06. The normalized spacial score (nSPS) is 15.7.